The highest BCUT2D eigenvalue weighted by atomic mass is 79.9. The standard InChI is InChI=1S/C20H18Br2/c21-13-3-5-17-15(11-13)16-12-14(22)4-6-18(16)20-8-1-7-19(17,20)9-2-10-20/h3-6,11-12H,1-2,7-10H2/t19-,20+. The van der Waals surface area contributed by atoms with Crippen LogP contribution in [0.5, 0.6) is 0 Å². The zero-order valence-corrected chi connectivity index (χ0v) is 15.6. The zero-order chi connectivity index (χ0) is 14.9. The van der Waals surface area contributed by atoms with Gasteiger partial charge in [0.15, 0.2) is 0 Å². The maximum absolute atomic E-state index is 3.69. The Bertz CT molecular complexity index is 715. The summed E-state index contributed by atoms with van der Waals surface area (Å²) in [4.78, 5) is 0. The predicted octanol–water partition coefficient (Wildman–Crippen LogP) is 6.74. The van der Waals surface area contributed by atoms with Gasteiger partial charge in [-0.2, -0.15) is 0 Å². The monoisotopic (exact) mass is 416 g/mol. The highest BCUT2D eigenvalue weighted by Gasteiger charge is 2.61. The summed E-state index contributed by atoms with van der Waals surface area (Å²) in [5.41, 5.74) is 6.98. The molecule has 0 aromatic heterocycles. The molecular formula is C20H18Br2. The number of rotatable bonds is 0. The Balaban J connectivity index is 1.93. The third-order valence-electron chi connectivity index (χ3n) is 6.61. The number of benzene rings is 2. The fraction of sp³-hybridized carbons (Fsp3) is 0.400. The van der Waals surface area contributed by atoms with Crippen molar-refractivity contribution >= 4 is 31.9 Å². The van der Waals surface area contributed by atoms with Crippen LogP contribution in [-0.2, 0) is 10.8 Å². The molecule has 0 saturated heterocycles. The Hall–Kier alpha value is -0.600. The molecule has 0 radical (unpaired) electrons. The molecule has 2 saturated carbocycles. The Labute approximate surface area is 148 Å². The minimum atomic E-state index is 0.407. The lowest BCUT2D eigenvalue weighted by Crippen LogP contribution is -2.43. The first-order valence-corrected chi connectivity index (χ1v) is 9.85. The number of fused-ring (bicyclic) bond motifs is 3. The van der Waals surface area contributed by atoms with Crippen LogP contribution in [-0.4, -0.2) is 0 Å². The second-order valence-corrected chi connectivity index (χ2v) is 9.08. The molecule has 0 nitrogen and oxygen atoms in total. The van der Waals surface area contributed by atoms with Crippen LogP contribution in [0.15, 0.2) is 45.3 Å². The fourth-order valence-electron chi connectivity index (χ4n) is 5.96. The van der Waals surface area contributed by atoms with Gasteiger partial charge >= 0.3 is 0 Å². The molecule has 22 heavy (non-hydrogen) atoms. The summed E-state index contributed by atoms with van der Waals surface area (Å²) in [6.07, 6.45) is 8.25. The first-order chi connectivity index (χ1) is 10.7. The largest absolute Gasteiger partial charge is 0.0567 e. The quantitative estimate of drug-likeness (QED) is 0.445. The van der Waals surface area contributed by atoms with E-state index in [1.807, 2.05) is 0 Å². The van der Waals surface area contributed by atoms with Crippen LogP contribution in [0.4, 0.5) is 0 Å². The average Bonchev–Trinajstić information content (AvgIpc) is 3.04. The second-order valence-electron chi connectivity index (χ2n) is 7.25. The second kappa shape index (κ2) is 4.48. The lowest BCUT2D eigenvalue weighted by molar-refractivity contribution is 0.299. The Kier molecular flexibility index (Phi) is 2.81. The lowest BCUT2D eigenvalue weighted by Gasteiger charge is -2.48. The minimum Gasteiger partial charge on any atom is -0.0567 e. The topological polar surface area (TPSA) is 0 Å². The molecule has 5 rings (SSSR count). The van der Waals surface area contributed by atoms with Gasteiger partial charge in [0.05, 0.1) is 0 Å². The summed E-state index contributed by atoms with van der Waals surface area (Å²) in [5, 5.41) is 0. The predicted molar refractivity (Wildman–Crippen MR) is 98.3 cm³/mol. The first kappa shape index (κ1) is 13.8. The van der Waals surface area contributed by atoms with Crippen LogP contribution in [0.2, 0.25) is 0 Å². The Morgan fingerprint density at radius 1 is 0.636 bits per heavy atom. The van der Waals surface area contributed by atoms with E-state index in [9.17, 15) is 0 Å². The van der Waals surface area contributed by atoms with Crippen molar-refractivity contribution in [2.75, 3.05) is 0 Å². The molecule has 0 bridgehead atoms. The maximum atomic E-state index is 3.69. The van der Waals surface area contributed by atoms with Gasteiger partial charge in [0.1, 0.15) is 0 Å². The van der Waals surface area contributed by atoms with Crippen LogP contribution in [0.25, 0.3) is 11.1 Å². The van der Waals surface area contributed by atoms with E-state index in [0.717, 1.165) is 0 Å². The molecule has 2 aromatic rings. The smallest absolute Gasteiger partial charge is 0.0181 e. The van der Waals surface area contributed by atoms with Crippen molar-refractivity contribution in [3.05, 3.63) is 56.5 Å². The first-order valence-electron chi connectivity index (χ1n) is 8.27. The summed E-state index contributed by atoms with van der Waals surface area (Å²) in [7, 11) is 0. The van der Waals surface area contributed by atoms with Crippen LogP contribution in [0, 0.1) is 0 Å². The molecule has 2 fully saturated rings. The molecule has 2 heteroatoms. The van der Waals surface area contributed by atoms with Crippen molar-refractivity contribution in [2.45, 2.75) is 49.4 Å². The molecule has 2 aromatic carbocycles. The molecular weight excluding hydrogens is 400 g/mol. The van der Waals surface area contributed by atoms with E-state index in [2.05, 4.69) is 68.3 Å². The van der Waals surface area contributed by atoms with Crippen molar-refractivity contribution < 1.29 is 0 Å². The Morgan fingerprint density at radius 2 is 1.05 bits per heavy atom. The van der Waals surface area contributed by atoms with Crippen molar-refractivity contribution in [3.8, 4) is 11.1 Å². The van der Waals surface area contributed by atoms with Gasteiger partial charge in [-0.15, -0.1) is 0 Å². The molecule has 0 amide bonds. The van der Waals surface area contributed by atoms with Crippen LogP contribution in [0.3, 0.4) is 0 Å². The Morgan fingerprint density at radius 3 is 1.45 bits per heavy atom. The molecule has 3 aliphatic rings. The van der Waals surface area contributed by atoms with E-state index in [1.54, 1.807) is 11.1 Å². The average molecular weight is 418 g/mol. The lowest BCUT2D eigenvalue weighted by atomic mass is 9.55. The molecule has 112 valence electrons. The maximum Gasteiger partial charge on any atom is 0.0181 e. The molecule has 0 unspecified atom stereocenters. The summed E-state index contributed by atoms with van der Waals surface area (Å²) in [6.45, 7) is 0. The summed E-state index contributed by atoms with van der Waals surface area (Å²) < 4.78 is 2.38. The third-order valence-corrected chi connectivity index (χ3v) is 7.60. The molecule has 0 atom stereocenters. The normalized spacial score (nSPS) is 31.4. The summed E-state index contributed by atoms with van der Waals surface area (Å²) in [6, 6.07) is 14.0. The van der Waals surface area contributed by atoms with Gasteiger partial charge in [0, 0.05) is 19.8 Å². The van der Waals surface area contributed by atoms with Gasteiger partial charge < -0.3 is 0 Å². The van der Waals surface area contributed by atoms with Crippen LogP contribution in [0.1, 0.15) is 49.7 Å². The van der Waals surface area contributed by atoms with E-state index in [-0.39, 0.29) is 0 Å². The number of hydrogen-bond acceptors (Lipinski definition) is 0. The van der Waals surface area contributed by atoms with E-state index >= 15 is 0 Å². The van der Waals surface area contributed by atoms with E-state index < -0.39 is 0 Å². The summed E-state index contributed by atoms with van der Waals surface area (Å²) >= 11 is 7.38. The van der Waals surface area contributed by atoms with E-state index in [4.69, 9.17) is 0 Å². The molecule has 3 aliphatic carbocycles. The fourth-order valence-corrected chi connectivity index (χ4v) is 6.68. The van der Waals surface area contributed by atoms with Gasteiger partial charge in [-0.1, -0.05) is 56.8 Å². The van der Waals surface area contributed by atoms with Crippen molar-refractivity contribution in [2.24, 2.45) is 0 Å². The van der Waals surface area contributed by atoms with Crippen molar-refractivity contribution in [1.29, 1.82) is 0 Å². The molecule has 0 spiro atoms. The van der Waals surface area contributed by atoms with Crippen molar-refractivity contribution in [1.82, 2.24) is 0 Å². The van der Waals surface area contributed by atoms with Crippen molar-refractivity contribution in [3.63, 3.8) is 0 Å². The van der Waals surface area contributed by atoms with Gasteiger partial charge in [0.2, 0.25) is 0 Å². The third kappa shape index (κ3) is 1.49. The molecule has 0 aliphatic heterocycles. The van der Waals surface area contributed by atoms with Crippen LogP contribution >= 0.6 is 31.9 Å². The van der Waals surface area contributed by atoms with Gasteiger partial charge in [0.25, 0.3) is 0 Å². The molecule has 0 heterocycles. The highest BCUT2D eigenvalue weighted by Crippen LogP contribution is 2.69. The minimum absolute atomic E-state index is 0.407. The van der Waals surface area contributed by atoms with Crippen LogP contribution < -0.4 is 0 Å². The number of halogens is 2. The zero-order valence-electron chi connectivity index (χ0n) is 12.5. The van der Waals surface area contributed by atoms with Gasteiger partial charge in [-0.05, 0) is 72.2 Å². The van der Waals surface area contributed by atoms with Gasteiger partial charge in [-0.25, -0.2) is 0 Å². The van der Waals surface area contributed by atoms with E-state index in [0.29, 0.717) is 10.8 Å². The number of hydrogen-bond donors (Lipinski definition) is 0. The SMILES string of the molecule is Brc1ccc2c(c1)-c1cc(Br)ccc1[C@]13CCC[C@]21CCC3. The van der Waals surface area contributed by atoms with Gasteiger partial charge in [-0.3, -0.25) is 0 Å². The highest BCUT2D eigenvalue weighted by molar-refractivity contribution is 9.10. The molecule has 0 N–H and O–H groups in total. The van der Waals surface area contributed by atoms with E-state index in [1.165, 1.54) is 58.6 Å². The summed E-state index contributed by atoms with van der Waals surface area (Å²) in [5.74, 6) is 0.